The Bertz CT molecular complexity index is 1130. The van der Waals surface area contributed by atoms with Crippen molar-refractivity contribution < 1.29 is 9.59 Å². The van der Waals surface area contributed by atoms with E-state index in [-0.39, 0.29) is 18.5 Å². The number of carbonyl (C=O) groups is 2. The third-order valence-corrected chi connectivity index (χ3v) is 5.92. The Kier molecular flexibility index (Phi) is 6.77. The number of benzene rings is 2. The highest BCUT2D eigenvalue weighted by molar-refractivity contribution is 5.93. The maximum Gasteiger partial charge on any atom is 0.317 e. The zero-order valence-electron chi connectivity index (χ0n) is 19.5. The lowest BCUT2D eigenvalue weighted by molar-refractivity contribution is -0.116. The normalized spacial score (nSPS) is 12.9. The zero-order chi connectivity index (χ0) is 23.4. The van der Waals surface area contributed by atoms with Gasteiger partial charge in [0, 0.05) is 30.5 Å². The molecule has 0 radical (unpaired) electrons. The van der Waals surface area contributed by atoms with Crippen molar-refractivity contribution in [1.82, 2.24) is 19.8 Å². The Morgan fingerprint density at radius 2 is 1.85 bits per heavy atom. The fourth-order valence-corrected chi connectivity index (χ4v) is 3.72. The molecule has 1 saturated carbocycles. The third kappa shape index (κ3) is 5.61. The van der Waals surface area contributed by atoms with Crippen LogP contribution in [-0.2, 0) is 4.79 Å². The molecule has 0 saturated heterocycles. The molecule has 0 spiro atoms. The minimum absolute atomic E-state index is 0.0111. The predicted molar refractivity (Wildman–Crippen MR) is 130 cm³/mol. The predicted octanol–water partition coefficient (Wildman–Crippen LogP) is 4.54. The van der Waals surface area contributed by atoms with Gasteiger partial charge >= 0.3 is 6.03 Å². The van der Waals surface area contributed by atoms with Crippen molar-refractivity contribution in [2.75, 3.05) is 25.0 Å². The number of hydrogen-bond acceptors (Lipinski definition) is 3. The first-order chi connectivity index (χ1) is 15.9. The summed E-state index contributed by atoms with van der Waals surface area (Å²) in [4.78, 5) is 31.8. The van der Waals surface area contributed by atoms with Crippen molar-refractivity contribution in [1.29, 1.82) is 0 Å². The number of urea groups is 1. The summed E-state index contributed by atoms with van der Waals surface area (Å²) < 4.78 is 1.89. The van der Waals surface area contributed by atoms with Crippen LogP contribution in [0.1, 0.15) is 30.9 Å². The first-order valence-corrected chi connectivity index (χ1v) is 11.5. The molecule has 1 aliphatic rings. The van der Waals surface area contributed by atoms with Gasteiger partial charge < -0.3 is 10.2 Å². The second-order valence-electron chi connectivity index (χ2n) is 8.66. The SMILES string of the molecule is CCNC(=O)N(CC(=O)Nc1nc(-c2ccccc2)cn1-c1ccc(C)c(C)c1)CC1CC1. The van der Waals surface area contributed by atoms with Crippen molar-refractivity contribution in [3.8, 4) is 16.9 Å². The Morgan fingerprint density at radius 1 is 1.09 bits per heavy atom. The number of amides is 3. The van der Waals surface area contributed by atoms with Crippen LogP contribution in [0.2, 0.25) is 0 Å². The monoisotopic (exact) mass is 445 g/mol. The number of aryl methyl sites for hydroxylation is 2. The first kappa shape index (κ1) is 22.6. The summed E-state index contributed by atoms with van der Waals surface area (Å²) >= 11 is 0. The van der Waals surface area contributed by atoms with E-state index in [1.165, 1.54) is 5.56 Å². The van der Waals surface area contributed by atoms with Crippen LogP contribution >= 0.6 is 0 Å². The van der Waals surface area contributed by atoms with Gasteiger partial charge in [0.1, 0.15) is 6.54 Å². The number of nitrogens with one attached hydrogen (secondary N) is 2. The van der Waals surface area contributed by atoms with E-state index >= 15 is 0 Å². The number of anilines is 1. The van der Waals surface area contributed by atoms with E-state index in [4.69, 9.17) is 4.98 Å². The number of imidazole rings is 1. The molecule has 7 heteroatoms. The Hall–Kier alpha value is -3.61. The molecule has 0 unspecified atom stereocenters. The van der Waals surface area contributed by atoms with E-state index in [1.54, 1.807) is 4.90 Å². The van der Waals surface area contributed by atoms with Gasteiger partial charge in [-0.1, -0.05) is 36.4 Å². The topological polar surface area (TPSA) is 79.3 Å². The van der Waals surface area contributed by atoms with Crippen molar-refractivity contribution in [3.05, 3.63) is 65.9 Å². The summed E-state index contributed by atoms with van der Waals surface area (Å²) in [7, 11) is 0. The van der Waals surface area contributed by atoms with Gasteiger partial charge in [-0.25, -0.2) is 9.78 Å². The van der Waals surface area contributed by atoms with Crippen LogP contribution < -0.4 is 10.6 Å². The molecule has 33 heavy (non-hydrogen) atoms. The van der Waals surface area contributed by atoms with Crippen LogP contribution in [0, 0.1) is 19.8 Å². The molecule has 1 heterocycles. The van der Waals surface area contributed by atoms with Crippen molar-refractivity contribution in [3.63, 3.8) is 0 Å². The van der Waals surface area contributed by atoms with Gasteiger partial charge in [-0.2, -0.15) is 0 Å². The smallest absolute Gasteiger partial charge is 0.317 e. The number of nitrogens with zero attached hydrogens (tertiary/aromatic N) is 3. The molecular formula is C26H31N5O2. The van der Waals surface area contributed by atoms with Crippen LogP contribution in [0.4, 0.5) is 10.7 Å². The molecule has 172 valence electrons. The van der Waals surface area contributed by atoms with E-state index < -0.39 is 0 Å². The molecular weight excluding hydrogens is 414 g/mol. The molecule has 1 fully saturated rings. The van der Waals surface area contributed by atoms with Crippen molar-refractivity contribution in [2.45, 2.75) is 33.6 Å². The van der Waals surface area contributed by atoms with Gasteiger partial charge in [0.15, 0.2) is 0 Å². The van der Waals surface area contributed by atoms with Gasteiger partial charge in [-0.05, 0) is 62.8 Å². The maximum atomic E-state index is 13.0. The lowest BCUT2D eigenvalue weighted by Gasteiger charge is -2.22. The molecule has 0 bridgehead atoms. The van der Waals surface area contributed by atoms with E-state index in [2.05, 4.69) is 36.6 Å². The van der Waals surface area contributed by atoms with Crippen molar-refractivity contribution in [2.24, 2.45) is 5.92 Å². The molecule has 3 amide bonds. The van der Waals surface area contributed by atoms with E-state index in [0.29, 0.717) is 25.0 Å². The van der Waals surface area contributed by atoms with Gasteiger partial charge in [0.25, 0.3) is 0 Å². The van der Waals surface area contributed by atoms with Gasteiger partial charge in [0.2, 0.25) is 11.9 Å². The summed E-state index contributed by atoms with van der Waals surface area (Å²) in [6.07, 6.45) is 4.14. The lowest BCUT2D eigenvalue weighted by atomic mass is 10.1. The second-order valence-corrected chi connectivity index (χ2v) is 8.66. The molecule has 1 aromatic heterocycles. The fourth-order valence-electron chi connectivity index (χ4n) is 3.72. The lowest BCUT2D eigenvalue weighted by Crippen LogP contribution is -2.45. The van der Waals surface area contributed by atoms with Crippen LogP contribution in [0.5, 0.6) is 0 Å². The van der Waals surface area contributed by atoms with E-state index in [9.17, 15) is 9.59 Å². The summed E-state index contributed by atoms with van der Waals surface area (Å²) in [5.41, 5.74) is 5.01. The van der Waals surface area contributed by atoms with Crippen LogP contribution in [-0.4, -0.2) is 46.0 Å². The molecule has 4 rings (SSSR count). The van der Waals surface area contributed by atoms with Crippen LogP contribution in [0.3, 0.4) is 0 Å². The van der Waals surface area contributed by atoms with Crippen molar-refractivity contribution >= 4 is 17.9 Å². The average Bonchev–Trinajstić information content (AvgIpc) is 3.53. The van der Waals surface area contributed by atoms with Gasteiger partial charge in [-0.3, -0.25) is 14.7 Å². The summed E-state index contributed by atoms with van der Waals surface area (Å²) in [5.74, 6) is 0.657. The summed E-state index contributed by atoms with van der Waals surface area (Å²) in [5, 5.41) is 5.75. The highest BCUT2D eigenvalue weighted by Crippen LogP contribution is 2.30. The van der Waals surface area contributed by atoms with Gasteiger partial charge in [-0.15, -0.1) is 0 Å². The Balaban J connectivity index is 1.60. The maximum absolute atomic E-state index is 13.0. The summed E-state index contributed by atoms with van der Waals surface area (Å²) in [6, 6.07) is 15.8. The zero-order valence-corrected chi connectivity index (χ0v) is 19.5. The number of carbonyl (C=O) groups excluding carboxylic acids is 2. The minimum atomic E-state index is -0.266. The van der Waals surface area contributed by atoms with Gasteiger partial charge in [0.05, 0.1) is 5.69 Å². The molecule has 7 nitrogen and oxygen atoms in total. The molecule has 1 aliphatic carbocycles. The van der Waals surface area contributed by atoms with Crippen LogP contribution in [0.25, 0.3) is 16.9 Å². The third-order valence-electron chi connectivity index (χ3n) is 5.92. The fraction of sp³-hybridized carbons (Fsp3) is 0.346. The molecule has 0 aliphatic heterocycles. The number of hydrogen-bond donors (Lipinski definition) is 2. The van der Waals surface area contributed by atoms with Crippen LogP contribution in [0.15, 0.2) is 54.7 Å². The second kappa shape index (κ2) is 9.90. The van der Waals surface area contributed by atoms with E-state index in [1.807, 2.05) is 54.1 Å². The standard InChI is InChI=1S/C26H31N5O2/c1-4-27-26(33)30(15-20-11-12-20)17-24(32)29-25-28-23(21-8-6-5-7-9-21)16-31(25)22-13-10-18(2)19(3)14-22/h5-10,13-14,16,20H,4,11-12,15,17H2,1-3H3,(H,27,33)(H,28,29,32). The highest BCUT2D eigenvalue weighted by Gasteiger charge is 2.28. The first-order valence-electron chi connectivity index (χ1n) is 11.5. The molecule has 2 aromatic carbocycles. The largest absolute Gasteiger partial charge is 0.338 e. The average molecular weight is 446 g/mol. The van der Waals surface area contributed by atoms with E-state index in [0.717, 1.165) is 35.3 Å². The number of rotatable bonds is 8. The Morgan fingerprint density at radius 3 is 2.52 bits per heavy atom. The molecule has 2 N–H and O–H groups in total. The number of aromatic nitrogens is 2. The summed E-state index contributed by atoms with van der Waals surface area (Å²) in [6.45, 7) is 7.12. The molecule has 0 atom stereocenters. The quantitative estimate of drug-likeness (QED) is 0.534. The highest BCUT2D eigenvalue weighted by atomic mass is 16.2. The molecule has 3 aromatic rings. The minimum Gasteiger partial charge on any atom is -0.338 e. The Labute approximate surface area is 194 Å².